The van der Waals surface area contributed by atoms with E-state index in [1.807, 2.05) is 20.9 Å². The maximum atomic E-state index is 5.56. The van der Waals surface area contributed by atoms with Crippen LogP contribution in [0.2, 0.25) is 0 Å². The first kappa shape index (κ1) is 15.3. The summed E-state index contributed by atoms with van der Waals surface area (Å²) in [5, 5.41) is 0. The highest BCUT2D eigenvalue weighted by Crippen LogP contribution is 2.23. The van der Waals surface area contributed by atoms with Gasteiger partial charge in [-0.15, -0.1) is 0 Å². The van der Waals surface area contributed by atoms with Crippen molar-refractivity contribution in [1.82, 2.24) is 9.97 Å². The van der Waals surface area contributed by atoms with Crippen LogP contribution in [0.3, 0.4) is 0 Å². The zero-order valence-electron chi connectivity index (χ0n) is 13.1. The average Bonchev–Trinajstić information content (AvgIpc) is 2.47. The van der Waals surface area contributed by atoms with Crippen LogP contribution >= 0.6 is 0 Å². The van der Waals surface area contributed by atoms with Gasteiger partial charge in [0.25, 0.3) is 0 Å². The highest BCUT2D eigenvalue weighted by Gasteiger charge is 2.13. The highest BCUT2D eigenvalue weighted by molar-refractivity contribution is 5.58. The molecule has 0 radical (unpaired) electrons. The summed E-state index contributed by atoms with van der Waals surface area (Å²) in [7, 11) is 2.04. The number of aryl methyl sites for hydroxylation is 2. The fourth-order valence-corrected chi connectivity index (χ4v) is 2.38. The Morgan fingerprint density at radius 2 is 2.00 bits per heavy atom. The molecule has 0 aliphatic carbocycles. The molecule has 1 heterocycles. The number of benzene rings is 1. The van der Waals surface area contributed by atoms with Gasteiger partial charge in [0.2, 0.25) is 0 Å². The van der Waals surface area contributed by atoms with E-state index in [1.54, 1.807) is 0 Å². The lowest BCUT2D eigenvalue weighted by Gasteiger charge is -2.22. The van der Waals surface area contributed by atoms with Gasteiger partial charge in [-0.2, -0.15) is 0 Å². The first-order chi connectivity index (χ1) is 10.0. The first-order valence-electron chi connectivity index (χ1n) is 7.16. The topological polar surface area (TPSA) is 67.1 Å². The molecule has 0 saturated carbocycles. The second-order valence-electron chi connectivity index (χ2n) is 5.28. The van der Waals surface area contributed by atoms with Gasteiger partial charge in [-0.3, -0.25) is 0 Å². The van der Waals surface area contributed by atoms with Crippen LogP contribution in [0.25, 0.3) is 0 Å². The third-order valence-corrected chi connectivity index (χ3v) is 3.48. The summed E-state index contributed by atoms with van der Waals surface area (Å²) in [6.07, 6.45) is 0.778. The van der Waals surface area contributed by atoms with Crippen LogP contribution < -0.4 is 16.2 Å². The average molecular weight is 285 g/mol. The van der Waals surface area contributed by atoms with Crippen molar-refractivity contribution < 1.29 is 0 Å². The van der Waals surface area contributed by atoms with Crippen molar-refractivity contribution in [2.75, 3.05) is 17.4 Å². The summed E-state index contributed by atoms with van der Waals surface area (Å²) in [6, 6.07) is 8.50. The number of anilines is 2. The molecule has 112 valence electrons. The van der Waals surface area contributed by atoms with Crippen molar-refractivity contribution in [3.8, 4) is 0 Å². The molecular formula is C16H23N5. The summed E-state index contributed by atoms with van der Waals surface area (Å²) in [4.78, 5) is 11.2. The predicted molar refractivity (Wildman–Crippen MR) is 87.2 cm³/mol. The van der Waals surface area contributed by atoms with Crippen molar-refractivity contribution >= 4 is 11.6 Å². The van der Waals surface area contributed by atoms with E-state index in [0.29, 0.717) is 5.82 Å². The van der Waals surface area contributed by atoms with E-state index in [4.69, 9.17) is 5.84 Å². The van der Waals surface area contributed by atoms with Crippen LogP contribution in [0, 0.1) is 13.8 Å². The zero-order valence-corrected chi connectivity index (χ0v) is 13.1. The zero-order chi connectivity index (χ0) is 15.4. The molecule has 0 unspecified atom stereocenters. The van der Waals surface area contributed by atoms with E-state index in [1.165, 1.54) is 11.1 Å². The monoisotopic (exact) mass is 285 g/mol. The molecule has 0 aliphatic rings. The number of nitrogens with two attached hydrogens (primary N) is 1. The van der Waals surface area contributed by atoms with Gasteiger partial charge in [0.1, 0.15) is 17.5 Å². The third kappa shape index (κ3) is 3.49. The molecule has 0 fully saturated rings. The number of hydrazine groups is 1. The fourth-order valence-electron chi connectivity index (χ4n) is 2.38. The number of hydrogen-bond acceptors (Lipinski definition) is 5. The second-order valence-corrected chi connectivity index (χ2v) is 5.28. The summed E-state index contributed by atoms with van der Waals surface area (Å²) >= 11 is 0. The van der Waals surface area contributed by atoms with Crippen molar-refractivity contribution in [3.05, 3.63) is 46.8 Å². The Morgan fingerprint density at radius 1 is 1.24 bits per heavy atom. The molecule has 0 atom stereocenters. The third-order valence-electron chi connectivity index (χ3n) is 3.48. The van der Waals surface area contributed by atoms with Crippen molar-refractivity contribution in [1.29, 1.82) is 0 Å². The summed E-state index contributed by atoms with van der Waals surface area (Å²) in [5.74, 6) is 7.95. The predicted octanol–water partition coefficient (Wildman–Crippen LogP) is 2.58. The Balaban J connectivity index is 2.32. The van der Waals surface area contributed by atoms with E-state index in [0.717, 1.165) is 30.2 Å². The van der Waals surface area contributed by atoms with E-state index in [9.17, 15) is 0 Å². The number of nitrogens with one attached hydrogen (secondary N) is 1. The van der Waals surface area contributed by atoms with Gasteiger partial charge in [0, 0.05) is 25.6 Å². The van der Waals surface area contributed by atoms with Gasteiger partial charge in [-0.25, -0.2) is 15.8 Å². The second kappa shape index (κ2) is 6.54. The molecule has 0 bridgehead atoms. The Bertz CT molecular complexity index is 624. The molecule has 0 saturated heterocycles. The van der Waals surface area contributed by atoms with E-state index < -0.39 is 0 Å². The lowest BCUT2D eigenvalue weighted by molar-refractivity contribution is 0.849. The van der Waals surface area contributed by atoms with Gasteiger partial charge in [0.15, 0.2) is 0 Å². The first-order valence-corrected chi connectivity index (χ1v) is 7.16. The Labute approximate surface area is 126 Å². The van der Waals surface area contributed by atoms with Crippen LogP contribution in [0.5, 0.6) is 0 Å². The number of hydrogen-bond donors (Lipinski definition) is 2. The Hall–Kier alpha value is -2.14. The normalized spacial score (nSPS) is 10.5. The van der Waals surface area contributed by atoms with E-state index in [-0.39, 0.29) is 0 Å². The molecule has 0 aliphatic heterocycles. The van der Waals surface area contributed by atoms with Crippen molar-refractivity contribution in [2.24, 2.45) is 5.84 Å². The van der Waals surface area contributed by atoms with Crippen molar-refractivity contribution in [3.63, 3.8) is 0 Å². The molecule has 2 aromatic rings. The molecule has 5 heteroatoms. The molecule has 21 heavy (non-hydrogen) atoms. The van der Waals surface area contributed by atoms with Crippen LogP contribution in [-0.2, 0) is 13.0 Å². The molecule has 2 rings (SSSR count). The molecular weight excluding hydrogens is 262 g/mol. The van der Waals surface area contributed by atoms with Crippen molar-refractivity contribution in [2.45, 2.75) is 33.7 Å². The summed E-state index contributed by atoms with van der Waals surface area (Å²) in [5.41, 5.74) is 6.15. The van der Waals surface area contributed by atoms with Gasteiger partial charge in [0.05, 0.1) is 0 Å². The maximum absolute atomic E-state index is 5.56. The Morgan fingerprint density at radius 3 is 2.62 bits per heavy atom. The SMILES string of the molecule is CCc1nc(NN)c(C)c(N(C)Cc2cccc(C)c2)n1. The maximum Gasteiger partial charge on any atom is 0.148 e. The van der Waals surface area contributed by atoms with Crippen LogP contribution in [0.4, 0.5) is 11.6 Å². The van der Waals surface area contributed by atoms with Gasteiger partial charge in [-0.1, -0.05) is 36.8 Å². The number of aromatic nitrogens is 2. The number of rotatable bonds is 5. The molecule has 5 nitrogen and oxygen atoms in total. The summed E-state index contributed by atoms with van der Waals surface area (Å²) in [6.45, 7) is 6.92. The highest BCUT2D eigenvalue weighted by atomic mass is 15.3. The smallest absolute Gasteiger partial charge is 0.148 e. The van der Waals surface area contributed by atoms with Crippen LogP contribution in [0.15, 0.2) is 24.3 Å². The standard InChI is InChI=1S/C16H23N5/c1-5-14-18-15(20-17)12(3)16(19-14)21(4)10-13-8-6-7-11(2)9-13/h6-9H,5,10,17H2,1-4H3,(H,18,19,20). The minimum atomic E-state index is 0.688. The van der Waals surface area contributed by atoms with Crippen LogP contribution in [-0.4, -0.2) is 17.0 Å². The minimum absolute atomic E-state index is 0.688. The molecule has 0 spiro atoms. The Kier molecular flexibility index (Phi) is 4.75. The minimum Gasteiger partial charge on any atom is -0.355 e. The van der Waals surface area contributed by atoms with Gasteiger partial charge < -0.3 is 10.3 Å². The fraction of sp³-hybridized carbons (Fsp3) is 0.375. The number of nitrogens with zero attached hydrogens (tertiary/aromatic N) is 3. The van der Waals surface area contributed by atoms with Gasteiger partial charge >= 0.3 is 0 Å². The quantitative estimate of drug-likeness (QED) is 0.653. The van der Waals surface area contributed by atoms with E-state index >= 15 is 0 Å². The largest absolute Gasteiger partial charge is 0.355 e. The van der Waals surface area contributed by atoms with E-state index in [2.05, 4.69) is 51.5 Å². The van der Waals surface area contributed by atoms with Crippen LogP contribution in [0.1, 0.15) is 29.4 Å². The lowest BCUT2D eigenvalue weighted by Crippen LogP contribution is -2.22. The molecule has 0 amide bonds. The molecule has 3 N–H and O–H groups in total. The lowest BCUT2D eigenvalue weighted by atomic mass is 10.1. The van der Waals surface area contributed by atoms with Gasteiger partial charge in [-0.05, 0) is 19.4 Å². The molecule has 1 aromatic carbocycles. The summed E-state index contributed by atoms with van der Waals surface area (Å²) < 4.78 is 0. The number of nitrogen functional groups attached to an aromatic ring is 1. The molecule has 1 aromatic heterocycles.